The monoisotopic (exact) mass is 678 g/mol. The molecule has 0 saturated heterocycles. The number of fused-ring (bicyclic) bond motifs is 6. The van der Waals surface area contributed by atoms with Crippen LogP contribution in [0.1, 0.15) is 25.0 Å². The number of para-hydroxylation sites is 2. The first-order valence-electron chi connectivity index (χ1n) is 13.1. The Labute approximate surface area is 241 Å². The molecule has 1 radical (unpaired) electrons. The first-order valence-corrected chi connectivity index (χ1v) is 13.1. The maximum absolute atomic E-state index is 4.76. The van der Waals surface area contributed by atoms with Crippen molar-refractivity contribution >= 4 is 32.6 Å². The number of nitrogens with zero attached hydrogens (tertiary/aromatic N) is 2. The predicted molar refractivity (Wildman–Crippen MR) is 158 cm³/mol. The maximum atomic E-state index is 4.76. The van der Waals surface area contributed by atoms with Crippen LogP contribution in [-0.2, 0) is 25.5 Å². The molecule has 3 heterocycles. The summed E-state index contributed by atoms with van der Waals surface area (Å²) in [6.45, 7) is 4.71. The molecule has 0 unspecified atom stereocenters. The Morgan fingerprint density at radius 2 is 1.46 bits per heavy atom. The molecular formula is C36H25IrN2-. The van der Waals surface area contributed by atoms with Gasteiger partial charge >= 0.3 is 0 Å². The fourth-order valence-electron chi connectivity index (χ4n) is 6.45. The number of aromatic nitrogens is 2. The number of hydrogen-bond acceptors (Lipinski definition) is 1. The van der Waals surface area contributed by atoms with E-state index in [1.807, 2.05) is 12.3 Å². The average molecular weight is 678 g/mol. The van der Waals surface area contributed by atoms with Gasteiger partial charge in [-0.3, -0.25) is 0 Å². The number of hydrogen-bond donors (Lipinski definition) is 0. The van der Waals surface area contributed by atoms with Gasteiger partial charge in [-0.2, -0.15) is 0 Å². The third-order valence-corrected chi connectivity index (χ3v) is 8.32. The minimum absolute atomic E-state index is 0. The summed E-state index contributed by atoms with van der Waals surface area (Å²) in [5, 5.41) is 4.93. The van der Waals surface area contributed by atoms with Gasteiger partial charge in [-0.1, -0.05) is 74.5 Å². The van der Waals surface area contributed by atoms with Crippen LogP contribution in [-0.4, -0.2) is 9.55 Å². The summed E-state index contributed by atoms with van der Waals surface area (Å²) in [6.07, 6.45) is 1.89. The molecule has 5 aromatic carbocycles. The molecule has 0 spiro atoms. The molecule has 2 nitrogen and oxygen atoms in total. The molecule has 0 aliphatic carbocycles. The Bertz CT molecular complexity index is 2060. The molecule has 0 saturated carbocycles. The van der Waals surface area contributed by atoms with E-state index in [0.717, 1.165) is 16.6 Å². The van der Waals surface area contributed by atoms with Crippen molar-refractivity contribution < 1.29 is 20.1 Å². The smallest absolute Gasteiger partial charge is 0.0582 e. The van der Waals surface area contributed by atoms with E-state index in [1.165, 1.54) is 55.1 Å². The first kappa shape index (κ1) is 24.0. The van der Waals surface area contributed by atoms with Gasteiger partial charge in [0.15, 0.2) is 0 Å². The molecule has 39 heavy (non-hydrogen) atoms. The van der Waals surface area contributed by atoms with Gasteiger partial charge in [0.1, 0.15) is 0 Å². The standard InChI is InChI=1S/C36H25N2.Ir/c1-36(2)30-15-6-8-17-33(30)38-32-16-7-5-14-28(32)29-21-26(22-31(36)35(29)38)24-11-9-12-25(20-24)34-27-13-4-3-10-23(27)18-19-37-34;/h3-11,13-22H,1-2H3;/q-1;. The molecule has 1 aliphatic heterocycles. The summed E-state index contributed by atoms with van der Waals surface area (Å²) >= 11 is 0. The number of benzene rings is 5. The van der Waals surface area contributed by atoms with Gasteiger partial charge in [-0.15, -0.1) is 35.4 Å². The first-order chi connectivity index (χ1) is 18.6. The van der Waals surface area contributed by atoms with Gasteiger partial charge in [0, 0.05) is 42.5 Å². The zero-order valence-corrected chi connectivity index (χ0v) is 24.1. The molecule has 189 valence electrons. The molecule has 0 N–H and O–H groups in total. The second kappa shape index (κ2) is 8.74. The summed E-state index contributed by atoms with van der Waals surface area (Å²) in [6, 6.07) is 42.8. The molecule has 2 aromatic heterocycles. The van der Waals surface area contributed by atoms with Crippen LogP contribution in [0.3, 0.4) is 0 Å². The summed E-state index contributed by atoms with van der Waals surface area (Å²) in [5.41, 5.74) is 10.8. The number of pyridine rings is 1. The van der Waals surface area contributed by atoms with Crippen molar-refractivity contribution in [1.82, 2.24) is 9.55 Å². The molecule has 8 rings (SSSR count). The van der Waals surface area contributed by atoms with Crippen LogP contribution in [0.4, 0.5) is 0 Å². The molecule has 0 fully saturated rings. The normalized spacial score (nSPS) is 13.4. The SMILES string of the molecule is CC1(C)c2ccccc2-n2c3ccccc3c3cc(-c4cc[c-]c(-c5nccc6ccccc56)c4)cc1c32.[Ir]. The van der Waals surface area contributed by atoms with E-state index < -0.39 is 0 Å². The second-order valence-electron chi connectivity index (χ2n) is 10.8. The molecule has 3 heteroatoms. The van der Waals surface area contributed by atoms with Crippen LogP contribution < -0.4 is 0 Å². The quantitative estimate of drug-likeness (QED) is 0.167. The zero-order valence-electron chi connectivity index (χ0n) is 21.7. The van der Waals surface area contributed by atoms with Crippen LogP contribution in [0, 0.1) is 6.07 Å². The van der Waals surface area contributed by atoms with Gasteiger partial charge in [0.2, 0.25) is 0 Å². The summed E-state index contributed by atoms with van der Waals surface area (Å²) in [4.78, 5) is 4.76. The van der Waals surface area contributed by atoms with Crippen molar-refractivity contribution in [3.63, 3.8) is 0 Å². The van der Waals surface area contributed by atoms with E-state index in [9.17, 15) is 0 Å². The van der Waals surface area contributed by atoms with Crippen LogP contribution in [0.2, 0.25) is 0 Å². The van der Waals surface area contributed by atoms with E-state index in [-0.39, 0.29) is 25.5 Å². The van der Waals surface area contributed by atoms with Crippen molar-refractivity contribution in [2.24, 2.45) is 0 Å². The van der Waals surface area contributed by atoms with Gasteiger partial charge in [-0.05, 0) is 63.5 Å². The van der Waals surface area contributed by atoms with Gasteiger partial charge < -0.3 is 9.55 Å². The van der Waals surface area contributed by atoms with E-state index in [4.69, 9.17) is 4.98 Å². The predicted octanol–water partition coefficient (Wildman–Crippen LogP) is 9.10. The van der Waals surface area contributed by atoms with Gasteiger partial charge in [0.05, 0.1) is 16.7 Å². The van der Waals surface area contributed by atoms with Crippen LogP contribution in [0.25, 0.3) is 60.6 Å². The fourth-order valence-corrected chi connectivity index (χ4v) is 6.45. The summed E-state index contributed by atoms with van der Waals surface area (Å²) < 4.78 is 2.47. The average Bonchev–Trinajstić information content (AvgIpc) is 3.30. The van der Waals surface area contributed by atoms with E-state index in [0.29, 0.717) is 0 Å². The summed E-state index contributed by atoms with van der Waals surface area (Å²) in [5.74, 6) is 0. The van der Waals surface area contributed by atoms with Crippen molar-refractivity contribution in [3.05, 3.63) is 133 Å². The molecule has 0 amide bonds. The molecule has 1 aliphatic rings. The van der Waals surface area contributed by atoms with Crippen molar-refractivity contribution in [1.29, 1.82) is 0 Å². The maximum Gasteiger partial charge on any atom is 0.0582 e. The summed E-state index contributed by atoms with van der Waals surface area (Å²) in [7, 11) is 0. The van der Waals surface area contributed by atoms with E-state index in [2.05, 4.69) is 128 Å². The van der Waals surface area contributed by atoms with Gasteiger partial charge in [-0.25, -0.2) is 0 Å². The number of rotatable bonds is 2. The Kier molecular flexibility index (Phi) is 5.39. The minimum Gasteiger partial charge on any atom is -0.309 e. The van der Waals surface area contributed by atoms with Gasteiger partial charge in [0.25, 0.3) is 0 Å². The van der Waals surface area contributed by atoms with Crippen LogP contribution in [0.5, 0.6) is 0 Å². The molecule has 0 atom stereocenters. The molecule has 0 bridgehead atoms. The third kappa shape index (κ3) is 3.40. The Morgan fingerprint density at radius 3 is 2.36 bits per heavy atom. The van der Waals surface area contributed by atoms with Crippen molar-refractivity contribution in [2.45, 2.75) is 19.3 Å². The second-order valence-corrected chi connectivity index (χ2v) is 10.8. The van der Waals surface area contributed by atoms with Crippen molar-refractivity contribution in [3.8, 4) is 28.1 Å². The van der Waals surface area contributed by atoms with E-state index >= 15 is 0 Å². The third-order valence-electron chi connectivity index (χ3n) is 8.32. The zero-order chi connectivity index (χ0) is 25.4. The largest absolute Gasteiger partial charge is 0.309 e. The molecular weight excluding hydrogens is 653 g/mol. The minimum atomic E-state index is -0.129. The topological polar surface area (TPSA) is 17.8 Å². The molecule has 7 aromatic rings. The van der Waals surface area contributed by atoms with E-state index in [1.54, 1.807) is 0 Å². The Hall–Kier alpha value is -4.04. The van der Waals surface area contributed by atoms with Crippen molar-refractivity contribution in [2.75, 3.05) is 0 Å². The Balaban J connectivity index is 0.00000253. The van der Waals surface area contributed by atoms with Crippen LogP contribution >= 0.6 is 0 Å². The Morgan fingerprint density at radius 1 is 0.692 bits per heavy atom. The van der Waals surface area contributed by atoms with Crippen LogP contribution in [0.15, 0.2) is 115 Å². The fraction of sp³-hybridized carbons (Fsp3) is 0.0833.